The molecule has 1 unspecified atom stereocenters. The summed E-state index contributed by atoms with van der Waals surface area (Å²) in [4.78, 5) is 0. The molecule has 7 heteroatoms. The van der Waals surface area contributed by atoms with Gasteiger partial charge in [-0.1, -0.05) is 6.07 Å². The van der Waals surface area contributed by atoms with Gasteiger partial charge in [0.2, 0.25) is 0 Å². The summed E-state index contributed by atoms with van der Waals surface area (Å²) in [5, 5.41) is 11.2. The van der Waals surface area contributed by atoms with Crippen LogP contribution in [0.3, 0.4) is 0 Å². The molecule has 0 bridgehead atoms. The second-order valence-corrected chi connectivity index (χ2v) is 4.65. The Kier molecular flexibility index (Phi) is 4.21. The van der Waals surface area contributed by atoms with Crippen LogP contribution in [0.15, 0.2) is 18.2 Å². The molecule has 0 aliphatic heterocycles. The summed E-state index contributed by atoms with van der Waals surface area (Å²) >= 11 is 6.01. The summed E-state index contributed by atoms with van der Waals surface area (Å²) in [6.45, 7) is 2.36. The predicted molar refractivity (Wildman–Crippen MR) is 70.7 cm³/mol. The highest BCUT2D eigenvalue weighted by Gasteiger charge is 2.13. The maximum Gasteiger partial charge on any atom is 0.169 e. The van der Waals surface area contributed by atoms with Crippen LogP contribution in [0.5, 0.6) is 11.5 Å². The van der Waals surface area contributed by atoms with E-state index in [0.717, 1.165) is 5.56 Å². The van der Waals surface area contributed by atoms with Gasteiger partial charge in [-0.15, -0.1) is 16.7 Å². The molecular weight excluding hydrogens is 268 g/mol. The third kappa shape index (κ3) is 2.96. The van der Waals surface area contributed by atoms with Crippen LogP contribution < -0.4 is 9.47 Å². The normalized spacial score (nSPS) is 12.2. The van der Waals surface area contributed by atoms with Crippen LogP contribution in [0.25, 0.3) is 0 Å². The van der Waals surface area contributed by atoms with E-state index < -0.39 is 0 Å². The average Bonchev–Trinajstić information content (AvgIpc) is 2.87. The number of ether oxygens (including phenoxy) is 2. The fourth-order valence-corrected chi connectivity index (χ4v) is 1.92. The lowest BCUT2D eigenvalue weighted by molar-refractivity contribution is 0.354. The Balaban J connectivity index is 2.26. The number of benzene rings is 1. The number of aromatic nitrogens is 4. The minimum absolute atomic E-state index is 0.241. The van der Waals surface area contributed by atoms with Crippen molar-refractivity contribution in [3.05, 3.63) is 29.6 Å². The molecule has 1 atom stereocenters. The first kappa shape index (κ1) is 13.6. The maximum absolute atomic E-state index is 6.01. The largest absolute Gasteiger partial charge is 0.493 e. The molecule has 0 fully saturated rings. The Bertz CT molecular complexity index is 556. The van der Waals surface area contributed by atoms with E-state index in [1.54, 1.807) is 18.9 Å². The average molecular weight is 283 g/mol. The highest BCUT2D eigenvalue weighted by Crippen LogP contribution is 2.28. The first-order chi connectivity index (χ1) is 9.15. The van der Waals surface area contributed by atoms with E-state index in [1.807, 2.05) is 25.1 Å². The molecule has 2 aromatic rings. The van der Waals surface area contributed by atoms with Gasteiger partial charge in [0, 0.05) is 0 Å². The summed E-state index contributed by atoms with van der Waals surface area (Å²) in [6, 6.07) is 5.68. The molecule has 19 heavy (non-hydrogen) atoms. The molecule has 2 rings (SSSR count). The van der Waals surface area contributed by atoms with E-state index in [0.29, 0.717) is 23.9 Å². The van der Waals surface area contributed by atoms with Crippen molar-refractivity contribution in [3.8, 4) is 11.5 Å². The Morgan fingerprint density at radius 1 is 1.26 bits per heavy atom. The number of tetrazole rings is 1. The predicted octanol–water partition coefficient (Wildman–Crippen LogP) is 2.04. The van der Waals surface area contributed by atoms with Crippen LogP contribution in [0.4, 0.5) is 0 Å². The molecule has 1 heterocycles. The van der Waals surface area contributed by atoms with Crippen LogP contribution in [0.2, 0.25) is 0 Å². The zero-order chi connectivity index (χ0) is 13.8. The number of methoxy groups -OCH3 is 2. The molecule has 0 aliphatic rings. The van der Waals surface area contributed by atoms with E-state index >= 15 is 0 Å². The van der Waals surface area contributed by atoms with Gasteiger partial charge in [0.1, 0.15) is 0 Å². The van der Waals surface area contributed by atoms with Crippen molar-refractivity contribution in [1.29, 1.82) is 0 Å². The fraction of sp³-hybridized carbons (Fsp3) is 0.417. The highest BCUT2D eigenvalue weighted by molar-refractivity contribution is 6.20. The van der Waals surface area contributed by atoms with E-state index in [9.17, 15) is 0 Å². The van der Waals surface area contributed by atoms with Gasteiger partial charge in [-0.25, -0.2) is 4.68 Å². The Morgan fingerprint density at radius 2 is 2.00 bits per heavy atom. The van der Waals surface area contributed by atoms with E-state index in [4.69, 9.17) is 21.1 Å². The third-order valence-electron chi connectivity index (χ3n) is 2.70. The summed E-state index contributed by atoms with van der Waals surface area (Å²) in [7, 11) is 3.21. The second-order valence-electron chi connectivity index (χ2n) is 4.00. The SMILES string of the molecule is COc1ccc(Cn2nnnc2C(C)Cl)cc1OC. The molecule has 0 radical (unpaired) electrons. The minimum atomic E-state index is -0.241. The lowest BCUT2D eigenvalue weighted by Crippen LogP contribution is -2.08. The zero-order valence-corrected chi connectivity index (χ0v) is 11.8. The molecule has 0 N–H and O–H groups in total. The van der Waals surface area contributed by atoms with E-state index in [-0.39, 0.29) is 5.38 Å². The first-order valence-electron chi connectivity index (χ1n) is 5.76. The van der Waals surface area contributed by atoms with Crippen LogP contribution in [0.1, 0.15) is 23.7 Å². The van der Waals surface area contributed by atoms with Gasteiger partial charge in [0.15, 0.2) is 17.3 Å². The number of rotatable bonds is 5. The third-order valence-corrected chi connectivity index (χ3v) is 2.89. The number of halogens is 1. The van der Waals surface area contributed by atoms with Gasteiger partial charge in [-0.3, -0.25) is 0 Å². The Labute approximate surface area is 116 Å². The van der Waals surface area contributed by atoms with Crippen molar-refractivity contribution in [2.24, 2.45) is 0 Å². The molecule has 0 amide bonds. The van der Waals surface area contributed by atoms with E-state index in [1.165, 1.54) is 0 Å². The molecule has 6 nitrogen and oxygen atoms in total. The molecule has 102 valence electrons. The quantitative estimate of drug-likeness (QED) is 0.785. The van der Waals surface area contributed by atoms with Crippen LogP contribution in [0, 0.1) is 0 Å². The summed E-state index contributed by atoms with van der Waals surface area (Å²) in [5.41, 5.74) is 1.00. The second kappa shape index (κ2) is 5.88. The first-order valence-corrected chi connectivity index (χ1v) is 6.20. The standard InChI is InChI=1S/C12H15ClN4O2/c1-8(13)12-14-15-16-17(12)7-9-4-5-10(18-2)11(6-9)19-3/h4-6,8H,7H2,1-3H3. The van der Waals surface area contributed by atoms with E-state index in [2.05, 4.69) is 15.5 Å². The lowest BCUT2D eigenvalue weighted by atomic mass is 10.2. The molecule has 0 spiro atoms. The number of hydrogen-bond donors (Lipinski definition) is 0. The van der Waals surface area contributed by atoms with Crippen molar-refractivity contribution in [3.63, 3.8) is 0 Å². The van der Waals surface area contributed by atoms with Gasteiger partial charge >= 0.3 is 0 Å². The molecule has 0 saturated carbocycles. The maximum atomic E-state index is 6.01. The van der Waals surface area contributed by atoms with Gasteiger partial charge in [-0.2, -0.15) is 0 Å². The lowest BCUT2D eigenvalue weighted by Gasteiger charge is -2.10. The fourth-order valence-electron chi connectivity index (χ4n) is 1.76. The van der Waals surface area contributed by atoms with Gasteiger partial charge < -0.3 is 9.47 Å². The minimum Gasteiger partial charge on any atom is -0.493 e. The van der Waals surface area contributed by atoms with Crippen LogP contribution in [-0.4, -0.2) is 34.4 Å². The van der Waals surface area contributed by atoms with Gasteiger partial charge in [0.05, 0.1) is 26.1 Å². The van der Waals surface area contributed by atoms with Gasteiger partial charge in [-0.05, 0) is 35.0 Å². The Hall–Kier alpha value is -1.82. The summed E-state index contributed by atoms with van der Waals surface area (Å²) in [5.74, 6) is 2.00. The molecule has 1 aromatic carbocycles. The molecular formula is C12H15ClN4O2. The van der Waals surface area contributed by atoms with Crippen molar-refractivity contribution < 1.29 is 9.47 Å². The molecule has 0 saturated heterocycles. The van der Waals surface area contributed by atoms with Crippen LogP contribution in [-0.2, 0) is 6.54 Å². The number of hydrogen-bond acceptors (Lipinski definition) is 5. The Morgan fingerprint density at radius 3 is 2.63 bits per heavy atom. The van der Waals surface area contributed by atoms with Crippen LogP contribution >= 0.6 is 11.6 Å². The monoisotopic (exact) mass is 282 g/mol. The summed E-state index contributed by atoms with van der Waals surface area (Å²) in [6.07, 6.45) is 0. The molecule has 0 aliphatic carbocycles. The molecule has 1 aromatic heterocycles. The smallest absolute Gasteiger partial charge is 0.169 e. The van der Waals surface area contributed by atoms with Gasteiger partial charge in [0.25, 0.3) is 0 Å². The van der Waals surface area contributed by atoms with Crippen molar-refractivity contribution in [2.75, 3.05) is 14.2 Å². The highest BCUT2D eigenvalue weighted by atomic mass is 35.5. The number of alkyl halides is 1. The zero-order valence-electron chi connectivity index (χ0n) is 11.0. The van der Waals surface area contributed by atoms with Crippen molar-refractivity contribution in [1.82, 2.24) is 20.2 Å². The summed E-state index contributed by atoms with van der Waals surface area (Å²) < 4.78 is 12.1. The van der Waals surface area contributed by atoms with Crippen molar-refractivity contribution in [2.45, 2.75) is 18.8 Å². The topological polar surface area (TPSA) is 62.1 Å². The van der Waals surface area contributed by atoms with Crippen molar-refractivity contribution >= 4 is 11.6 Å². The number of nitrogens with zero attached hydrogens (tertiary/aromatic N) is 4.